The maximum atomic E-state index is 13.2. The molecule has 2 aromatic carbocycles. The number of esters is 1. The zero-order chi connectivity index (χ0) is 23.3. The molecule has 8 heteroatoms. The van der Waals surface area contributed by atoms with Crippen LogP contribution in [0.15, 0.2) is 60.8 Å². The summed E-state index contributed by atoms with van der Waals surface area (Å²) >= 11 is 6.15. The third-order valence-electron chi connectivity index (χ3n) is 5.01. The van der Waals surface area contributed by atoms with Gasteiger partial charge in [-0.3, -0.25) is 4.79 Å². The van der Waals surface area contributed by atoms with Gasteiger partial charge >= 0.3 is 5.97 Å². The van der Waals surface area contributed by atoms with E-state index in [1.807, 2.05) is 18.9 Å². The van der Waals surface area contributed by atoms with Crippen LogP contribution in [0.2, 0.25) is 5.02 Å². The van der Waals surface area contributed by atoms with Crippen LogP contribution in [0.1, 0.15) is 44.8 Å². The fourth-order valence-electron chi connectivity index (χ4n) is 3.21. The molecule has 0 spiro atoms. The Balaban J connectivity index is 1.76. The van der Waals surface area contributed by atoms with E-state index in [2.05, 4.69) is 10.3 Å². The molecule has 0 radical (unpaired) electrons. The molecule has 0 saturated heterocycles. The molecular formula is C24H23ClFN3O3. The number of pyridine rings is 1. The van der Waals surface area contributed by atoms with Crippen LogP contribution in [-0.2, 0) is 11.3 Å². The maximum absolute atomic E-state index is 13.2. The molecule has 3 aromatic rings. The van der Waals surface area contributed by atoms with Crippen LogP contribution in [0.5, 0.6) is 0 Å². The average molecular weight is 456 g/mol. The maximum Gasteiger partial charge on any atom is 0.337 e. The quantitative estimate of drug-likeness (QED) is 0.519. The summed E-state index contributed by atoms with van der Waals surface area (Å²) in [6.07, 6.45) is 1.15. The lowest BCUT2D eigenvalue weighted by molar-refractivity contribution is 0.0600. The monoisotopic (exact) mass is 455 g/mol. The summed E-state index contributed by atoms with van der Waals surface area (Å²) in [4.78, 5) is 30.5. The number of methoxy groups -OCH3 is 1. The first-order valence-corrected chi connectivity index (χ1v) is 10.3. The number of nitrogens with one attached hydrogen (secondary N) is 1. The van der Waals surface area contributed by atoms with Gasteiger partial charge in [-0.15, -0.1) is 0 Å². The van der Waals surface area contributed by atoms with Gasteiger partial charge in [0.15, 0.2) is 0 Å². The third-order valence-corrected chi connectivity index (χ3v) is 5.24. The summed E-state index contributed by atoms with van der Waals surface area (Å²) in [6.45, 7) is 2.23. The second-order valence-electron chi connectivity index (χ2n) is 7.30. The van der Waals surface area contributed by atoms with Crippen molar-refractivity contribution in [2.45, 2.75) is 19.5 Å². The summed E-state index contributed by atoms with van der Waals surface area (Å²) in [5.41, 5.74) is 2.45. The Morgan fingerprint density at radius 3 is 2.50 bits per heavy atom. The third kappa shape index (κ3) is 5.62. The van der Waals surface area contributed by atoms with Gasteiger partial charge < -0.3 is 15.0 Å². The predicted octanol–water partition coefficient (Wildman–Crippen LogP) is 4.79. The molecule has 1 heterocycles. The molecular weight excluding hydrogens is 433 g/mol. The molecule has 1 amide bonds. The van der Waals surface area contributed by atoms with E-state index in [-0.39, 0.29) is 11.9 Å². The minimum atomic E-state index is -0.420. The van der Waals surface area contributed by atoms with Gasteiger partial charge in [0.25, 0.3) is 5.91 Å². The van der Waals surface area contributed by atoms with Crippen LogP contribution in [-0.4, -0.2) is 31.0 Å². The van der Waals surface area contributed by atoms with Gasteiger partial charge in [-0.2, -0.15) is 0 Å². The Morgan fingerprint density at radius 2 is 1.88 bits per heavy atom. The molecule has 32 heavy (non-hydrogen) atoms. The van der Waals surface area contributed by atoms with Crippen LogP contribution in [0.4, 0.5) is 10.2 Å². The van der Waals surface area contributed by atoms with E-state index in [0.717, 1.165) is 17.3 Å². The summed E-state index contributed by atoms with van der Waals surface area (Å²) in [6, 6.07) is 14.6. The normalized spacial score (nSPS) is 11.5. The number of anilines is 1. The fourth-order valence-corrected chi connectivity index (χ4v) is 3.38. The summed E-state index contributed by atoms with van der Waals surface area (Å²) < 4.78 is 17.9. The van der Waals surface area contributed by atoms with Crippen molar-refractivity contribution in [3.8, 4) is 0 Å². The molecule has 0 aliphatic rings. The van der Waals surface area contributed by atoms with Gasteiger partial charge in [-0.25, -0.2) is 14.2 Å². The number of nitrogens with zero attached hydrogens (tertiary/aromatic N) is 2. The van der Waals surface area contributed by atoms with E-state index in [4.69, 9.17) is 16.3 Å². The van der Waals surface area contributed by atoms with E-state index in [1.165, 1.54) is 13.2 Å². The number of rotatable bonds is 7. The first-order valence-electron chi connectivity index (χ1n) is 9.88. The first kappa shape index (κ1) is 23.2. The number of halogens is 2. The van der Waals surface area contributed by atoms with E-state index in [1.54, 1.807) is 48.5 Å². The smallest absolute Gasteiger partial charge is 0.337 e. The van der Waals surface area contributed by atoms with E-state index < -0.39 is 11.8 Å². The van der Waals surface area contributed by atoms with Gasteiger partial charge in [0.05, 0.1) is 24.9 Å². The molecule has 0 aliphatic heterocycles. The molecule has 0 aliphatic carbocycles. The van der Waals surface area contributed by atoms with Crippen LogP contribution >= 0.6 is 11.6 Å². The highest BCUT2D eigenvalue weighted by Gasteiger charge is 2.17. The molecule has 1 N–H and O–H groups in total. The van der Waals surface area contributed by atoms with E-state index >= 15 is 0 Å². The van der Waals surface area contributed by atoms with Gasteiger partial charge in [-0.05, 0) is 54.4 Å². The standard InChI is InChI=1S/C24H23ClFN3O3/c1-15(16-4-6-17(7-5-16)24(31)32-3)28-23(30)21-12-19(25)9-8-18(21)14-29(2)22-11-10-20(26)13-27-22/h4-13,15H,14H2,1-3H3,(H,28,30)/t15-/m0/s1. The van der Waals surface area contributed by atoms with Gasteiger partial charge in [0.1, 0.15) is 11.6 Å². The molecule has 6 nitrogen and oxygen atoms in total. The number of aromatic nitrogens is 1. The predicted molar refractivity (Wildman–Crippen MR) is 121 cm³/mol. The highest BCUT2D eigenvalue weighted by Crippen LogP contribution is 2.22. The van der Waals surface area contributed by atoms with Gasteiger partial charge in [0.2, 0.25) is 0 Å². The van der Waals surface area contributed by atoms with E-state index in [9.17, 15) is 14.0 Å². The van der Waals surface area contributed by atoms with Crippen LogP contribution < -0.4 is 10.2 Å². The van der Waals surface area contributed by atoms with Crippen LogP contribution in [0, 0.1) is 5.82 Å². The second kappa shape index (κ2) is 10.2. The van der Waals surface area contributed by atoms with Crippen molar-refractivity contribution < 1.29 is 18.7 Å². The summed E-state index contributed by atoms with van der Waals surface area (Å²) in [7, 11) is 3.13. The largest absolute Gasteiger partial charge is 0.465 e. The highest BCUT2D eigenvalue weighted by atomic mass is 35.5. The van der Waals surface area contributed by atoms with Crippen molar-refractivity contribution >= 4 is 29.3 Å². The van der Waals surface area contributed by atoms with Crippen molar-refractivity contribution in [2.24, 2.45) is 0 Å². The first-order chi connectivity index (χ1) is 15.3. The topological polar surface area (TPSA) is 71.5 Å². The Hall–Kier alpha value is -3.45. The Labute approximate surface area is 191 Å². The molecule has 0 saturated carbocycles. The molecule has 1 aromatic heterocycles. The molecule has 0 bridgehead atoms. The lowest BCUT2D eigenvalue weighted by atomic mass is 10.0. The van der Waals surface area contributed by atoms with Crippen LogP contribution in [0.3, 0.4) is 0 Å². The molecule has 166 valence electrons. The van der Waals surface area contributed by atoms with Gasteiger partial charge in [0, 0.05) is 24.2 Å². The molecule has 0 unspecified atom stereocenters. The van der Waals surface area contributed by atoms with Crippen molar-refractivity contribution in [3.63, 3.8) is 0 Å². The molecule has 0 fully saturated rings. The Morgan fingerprint density at radius 1 is 1.16 bits per heavy atom. The average Bonchev–Trinajstić information content (AvgIpc) is 2.80. The van der Waals surface area contributed by atoms with Gasteiger partial charge in [-0.1, -0.05) is 29.8 Å². The SMILES string of the molecule is COC(=O)c1ccc([C@H](C)NC(=O)c2cc(Cl)ccc2CN(C)c2ccc(F)cn2)cc1. The lowest BCUT2D eigenvalue weighted by Gasteiger charge is -2.21. The van der Waals surface area contributed by atoms with Crippen molar-refractivity contribution in [3.05, 3.63) is 93.9 Å². The highest BCUT2D eigenvalue weighted by molar-refractivity contribution is 6.31. The van der Waals surface area contributed by atoms with Crippen LogP contribution in [0.25, 0.3) is 0 Å². The number of benzene rings is 2. The zero-order valence-electron chi connectivity index (χ0n) is 17.9. The number of ether oxygens (including phenoxy) is 1. The summed E-state index contributed by atoms with van der Waals surface area (Å²) in [5.74, 6) is -0.543. The minimum absolute atomic E-state index is 0.285. The lowest BCUT2D eigenvalue weighted by Crippen LogP contribution is -2.29. The summed E-state index contributed by atoms with van der Waals surface area (Å²) in [5, 5.41) is 3.41. The number of hydrogen-bond donors (Lipinski definition) is 1. The van der Waals surface area contributed by atoms with Crippen molar-refractivity contribution in [2.75, 3.05) is 19.1 Å². The number of carbonyl (C=O) groups is 2. The number of carbonyl (C=O) groups excluding carboxylic acids is 2. The number of amides is 1. The fraction of sp³-hybridized carbons (Fsp3) is 0.208. The number of hydrogen-bond acceptors (Lipinski definition) is 5. The van der Waals surface area contributed by atoms with E-state index in [0.29, 0.717) is 28.5 Å². The second-order valence-corrected chi connectivity index (χ2v) is 7.74. The Kier molecular flexibility index (Phi) is 7.43. The minimum Gasteiger partial charge on any atom is -0.465 e. The Bertz CT molecular complexity index is 1100. The van der Waals surface area contributed by atoms with Crippen molar-refractivity contribution in [1.82, 2.24) is 10.3 Å². The molecule has 1 atom stereocenters. The van der Waals surface area contributed by atoms with Crippen molar-refractivity contribution in [1.29, 1.82) is 0 Å². The zero-order valence-corrected chi connectivity index (χ0v) is 18.7. The molecule has 3 rings (SSSR count).